The number of carbonyl (C=O) groups is 2. The van der Waals surface area contributed by atoms with Gasteiger partial charge in [-0.1, -0.05) is 0 Å². The molecule has 1 aromatic heterocycles. The second-order valence-corrected chi connectivity index (χ2v) is 5.40. The van der Waals surface area contributed by atoms with Crippen LogP contribution in [-0.4, -0.2) is 64.0 Å². The highest BCUT2D eigenvalue weighted by atomic mass is 16.4. The van der Waals surface area contributed by atoms with Crippen LogP contribution in [0.15, 0.2) is 33.5 Å². The Balaban J connectivity index is 2.27. The van der Waals surface area contributed by atoms with E-state index in [1.54, 1.807) is 0 Å². The summed E-state index contributed by atoms with van der Waals surface area (Å²) in [6, 6.07) is 4.47. The van der Waals surface area contributed by atoms with Crippen LogP contribution in [-0.2, 0) is 4.79 Å². The molecule has 0 fully saturated rings. The van der Waals surface area contributed by atoms with Gasteiger partial charge in [-0.3, -0.25) is 4.79 Å². The Morgan fingerprint density at radius 1 is 1.12 bits per heavy atom. The molecule has 0 radical (unpaired) electrons. The van der Waals surface area contributed by atoms with Crippen molar-refractivity contribution in [3.8, 4) is 0 Å². The van der Waals surface area contributed by atoms with Crippen molar-refractivity contribution in [3.05, 3.63) is 40.2 Å². The fraction of sp³-hybridized carbons (Fsp3) is 0.312. The molecule has 134 valence electrons. The highest BCUT2D eigenvalue weighted by molar-refractivity contribution is 5.86. The van der Waals surface area contributed by atoms with Crippen LogP contribution in [0.4, 0.5) is 5.69 Å². The van der Waals surface area contributed by atoms with Gasteiger partial charge in [0, 0.05) is 17.1 Å². The van der Waals surface area contributed by atoms with E-state index < -0.39 is 36.6 Å². The summed E-state index contributed by atoms with van der Waals surface area (Å²) < 4.78 is 5.00. The van der Waals surface area contributed by atoms with Crippen molar-refractivity contribution < 1.29 is 34.4 Å². The number of hydrogen-bond donors (Lipinski definition) is 5. The molecule has 0 amide bonds. The predicted octanol–water partition coefficient (Wildman–Crippen LogP) is -1.34. The zero-order chi connectivity index (χ0) is 18.6. The lowest BCUT2D eigenvalue weighted by atomic mass is 10.0. The van der Waals surface area contributed by atoms with Gasteiger partial charge in [0.2, 0.25) is 0 Å². The smallest absolute Gasteiger partial charge is 0.346 e. The van der Waals surface area contributed by atoms with Gasteiger partial charge in [-0.25, -0.2) is 4.79 Å². The third kappa shape index (κ3) is 4.09. The van der Waals surface area contributed by atoms with E-state index in [1.165, 1.54) is 24.3 Å². The van der Waals surface area contributed by atoms with E-state index in [9.17, 15) is 29.7 Å². The van der Waals surface area contributed by atoms with Gasteiger partial charge in [0.1, 0.15) is 41.8 Å². The summed E-state index contributed by atoms with van der Waals surface area (Å²) in [5, 5.41) is 40.9. The molecule has 9 nitrogen and oxygen atoms in total. The molecule has 4 atom stereocenters. The number of anilines is 1. The average molecular weight is 351 g/mol. The molecule has 1 aromatic carbocycles. The highest BCUT2D eigenvalue weighted by Crippen LogP contribution is 2.20. The van der Waals surface area contributed by atoms with Gasteiger partial charge in [0.15, 0.2) is 6.29 Å². The van der Waals surface area contributed by atoms with Gasteiger partial charge in [-0.2, -0.15) is 0 Å². The largest absolute Gasteiger partial charge is 0.422 e. The van der Waals surface area contributed by atoms with Crippen molar-refractivity contribution in [1.82, 2.24) is 0 Å². The summed E-state index contributed by atoms with van der Waals surface area (Å²) in [6.45, 7) is -0.788. The Morgan fingerprint density at radius 3 is 2.44 bits per heavy atom. The molecule has 2 rings (SSSR count). The van der Waals surface area contributed by atoms with Crippen LogP contribution in [0.25, 0.3) is 11.0 Å². The molecular formula is C16H17NO8. The molecule has 0 unspecified atom stereocenters. The number of aliphatic hydroxyl groups is 4. The number of aliphatic hydroxyl groups excluding tert-OH is 4. The van der Waals surface area contributed by atoms with E-state index in [0.29, 0.717) is 18.0 Å². The van der Waals surface area contributed by atoms with Gasteiger partial charge in [-0.15, -0.1) is 0 Å². The van der Waals surface area contributed by atoms with Gasteiger partial charge in [-0.05, 0) is 18.2 Å². The van der Waals surface area contributed by atoms with E-state index >= 15 is 0 Å². The van der Waals surface area contributed by atoms with E-state index in [-0.39, 0.29) is 16.8 Å². The number of benzene rings is 1. The topological polar surface area (TPSA) is 157 Å². The third-order valence-electron chi connectivity index (χ3n) is 3.67. The summed E-state index contributed by atoms with van der Waals surface area (Å²) in [7, 11) is 0. The standard InChI is InChI=1S/C16H17NO8/c18-5-9-3-8-1-2-10(4-13(8)25-16(9)24)17-11(6-19)14(22)15(23)12(21)7-20/h1-6,11-12,14-15,17,20-23H,7H2/t11-,12+,14+,15+/m1/s1. The molecule has 5 N–H and O–H groups in total. The maximum absolute atomic E-state index is 11.6. The van der Waals surface area contributed by atoms with Crippen LogP contribution in [0.5, 0.6) is 0 Å². The zero-order valence-electron chi connectivity index (χ0n) is 12.9. The minimum absolute atomic E-state index is 0.129. The lowest BCUT2D eigenvalue weighted by Gasteiger charge is -2.26. The van der Waals surface area contributed by atoms with Crippen LogP contribution in [0.2, 0.25) is 0 Å². The Labute approximate surface area is 141 Å². The lowest BCUT2D eigenvalue weighted by Crippen LogP contribution is -2.49. The van der Waals surface area contributed by atoms with Crippen LogP contribution in [0.1, 0.15) is 10.4 Å². The van der Waals surface area contributed by atoms with Crippen LogP contribution in [0, 0.1) is 0 Å². The maximum Gasteiger partial charge on any atom is 0.346 e. The second-order valence-electron chi connectivity index (χ2n) is 5.40. The first-order chi connectivity index (χ1) is 11.9. The summed E-state index contributed by atoms with van der Waals surface area (Å²) in [4.78, 5) is 33.5. The summed E-state index contributed by atoms with van der Waals surface area (Å²) in [5.41, 5.74) is -0.504. The molecule has 0 saturated carbocycles. The van der Waals surface area contributed by atoms with Gasteiger partial charge >= 0.3 is 5.63 Å². The first-order valence-corrected chi connectivity index (χ1v) is 7.31. The quantitative estimate of drug-likeness (QED) is 0.287. The highest BCUT2D eigenvalue weighted by Gasteiger charge is 2.31. The van der Waals surface area contributed by atoms with Crippen molar-refractivity contribution >= 4 is 29.2 Å². The minimum Gasteiger partial charge on any atom is -0.422 e. The molecule has 9 heteroatoms. The van der Waals surface area contributed by atoms with Crippen LogP contribution >= 0.6 is 0 Å². The number of fused-ring (bicyclic) bond motifs is 1. The Morgan fingerprint density at radius 2 is 1.84 bits per heavy atom. The number of hydrogen-bond acceptors (Lipinski definition) is 9. The van der Waals surface area contributed by atoms with Crippen molar-refractivity contribution in [2.75, 3.05) is 11.9 Å². The van der Waals surface area contributed by atoms with E-state index in [0.717, 1.165) is 0 Å². The fourth-order valence-electron chi connectivity index (χ4n) is 2.24. The summed E-state index contributed by atoms with van der Waals surface area (Å²) >= 11 is 0. The van der Waals surface area contributed by atoms with Crippen molar-refractivity contribution in [2.45, 2.75) is 24.4 Å². The van der Waals surface area contributed by atoms with Crippen molar-refractivity contribution in [2.24, 2.45) is 0 Å². The maximum atomic E-state index is 11.6. The molecule has 2 aromatic rings. The monoisotopic (exact) mass is 351 g/mol. The normalized spacial score (nSPS) is 16.0. The van der Waals surface area contributed by atoms with Crippen molar-refractivity contribution in [1.29, 1.82) is 0 Å². The fourth-order valence-corrected chi connectivity index (χ4v) is 2.24. The Hall–Kier alpha value is -2.59. The first kappa shape index (κ1) is 18.7. The lowest BCUT2D eigenvalue weighted by molar-refractivity contribution is -0.117. The molecule has 0 aliphatic carbocycles. The number of aldehydes is 2. The zero-order valence-corrected chi connectivity index (χ0v) is 12.9. The molecule has 0 bridgehead atoms. The second kappa shape index (κ2) is 7.99. The summed E-state index contributed by atoms with van der Waals surface area (Å²) in [6.07, 6.45) is -4.35. The minimum atomic E-state index is -1.75. The van der Waals surface area contributed by atoms with Crippen molar-refractivity contribution in [3.63, 3.8) is 0 Å². The number of rotatable bonds is 8. The van der Waals surface area contributed by atoms with Gasteiger partial charge in [0.25, 0.3) is 0 Å². The third-order valence-corrected chi connectivity index (χ3v) is 3.67. The van der Waals surface area contributed by atoms with Crippen LogP contribution < -0.4 is 10.9 Å². The molecule has 0 spiro atoms. The van der Waals surface area contributed by atoms with Gasteiger partial charge < -0.3 is 35.0 Å². The predicted molar refractivity (Wildman–Crippen MR) is 86.5 cm³/mol. The SMILES string of the molecule is O=Cc1cc2ccc(N[C@H](C=O)[C@H](O)[C@@H](O)[C@@H](O)CO)cc2oc1=O. The molecule has 0 aliphatic heterocycles. The van der Waals surface area contributed by atoms with E-state index in [4.69, 9.17) is 9.52 Å². The van der Waals surface area contributed by atoms with E-state index in [2.05, 4.69) is 5.32 Å². The number of carbonyl (C=O) groups excluding carboxylic acids is 2. The molecule has 25 heavy (non-hydrogen) atoms. The summed E-state index contributed by atoms with van der Waals surface area (Å²) in [5.74, 6) is 0. The molecule has 1 heterocycles. The molecule has 0 aliphatic rings. The first-order valence-electron chi connectivity index (χ1n) is 7.31. The van der Waals surface area contributed by atoms with Crippen LogP contribution in [0.3, 0.4) is 0 Å². The van der Waals surface area contributed by atoms with E-state index in [1.807, 2.05) is 0 Å². The molecular weight excluding hydrogens is 334 g/mol. The Bertz CT molecular complexity index is 817. The Kier molecular flexibility index (Phi) is 5.99. The average Bonchev–Trinajstić information content (AvgIpc) is 2.63. The van der Waals surface area contributed by atoms with Gasteiger partial charge in [0.05, 0.1) is 6.61 Å². The number of nitrogens with one attached hydrogen (secondary N) is 1. The molecule has 0 saturated heterocycles.